The second-order valence-electron chi connectivity index (χ2n) is 11.1. The van der Waals surface area contributed by atoms with Crippen LogP contribution in [0.1, 0.15) is 66.1 Å². The van der Waals surface area contributed by atoms with E-state index in [9.17, 15) is 18.8 Å². The van der Waals surface area contributed by atoms with Gasteiger partial charge in [-0.05, 0) is 85.5 Å². The molecule has 3 aromatic carbocycles. The van der Waals surface area contributed by atoms with Crippen LogP contribution in [-0.4, -0.2) is 30.8 Å². The van der Waals surface area contributed by atoms with E-state index in [1.807, 2.05) is 30.3 Å². The first-order valence-corrected chi connectivity index (χ1v) is 14.4. The van der Waals surface area contributed by atoms with Crippen molar-refractivity contribution >= 4 is 29.1 Å². The fourth-order valence-electron chi connectivity index (χ4n) is 6.04. The van der Waals surface area contributed by atoms with Gasteiger partial charge in [0, 0.05) is 18.5 Å². The van der Waals surface area contributed by atoms with Crippen LogP contribution in [0, 0.1) is 17.7 Å². The molecule has 3 amide bonds. The summed E-state index contributed by atoms with van der Waals surface area (Å²) in [5.41, 5.74) is 8.89. The predicted octanol–water partition coefficient (Wildman–Crippen LogP) is 5.37. The number of hydrogen-bond acceptors (Lipinski definition) is 4. The van der Waals surface area contributed by atoms with Crippen LogP contribution in [0.3, 0.4) is 0 Å². The van der Waals surface area contributed by atoms with Gasteiger partial charge in [-0.25, -0.2) is 4.39 Å². The lowest BCUT2D eigenvalue weighted by molar-refractivity contribution is -0.119. The van der Waals surface area contributed by atoms with Gasteiger partial charge < -0.3 is 21.3 Å². The number of amides is 3. The monoisotopic (exact) mass is 556 g/mol. The molecule has 0 spiro atoms. The van der Waals surface area contributed by atoms with E-state index in [2.05, 4.69) is 10.6 Å². The van der Waals surface area contributed by atoms with Crippen molar-refractivity contribution in [2.45, 2.75) is 51.0 Å². The Bertz CT molecular complexity index is 1380. The Morgan fingerprint density at radius 2 is 1.76 bits per heavy atom. The number of fused-ring (bicyclic) bond motifs is 1. The number of nitrogens with one attached hydrogen (secondary N) is 2. The quantitative estimate of drug-likeness (QED) is 0.347. The minimum atomic E-state index is -0.624. The Kier molecular flexibility index (Phi) is 9.09. The SMILES string of the molecule is NCC1CCCC(CNC(=O)c2ccc3c(c2)NC(=O)CC(c2ccc(F)cc2)N3C(=O)CCc2ccccc2)C1. The Hall–Kier alpha value is -4.04. The van der Waals surface area contributed by atoms with Crippen molar-refractivity contribution in [1.82, 2.24) is 5.32 Å². The number of aryl methyl sites for hydroxylation is 1. The molecule has 3 aromatic rings. The number of benzene rings is 3. The van der Waals surface area contributed by atoms with Crippen LogP contribution >= 0.6 is 0 Å². The van der Waals surface area contributed by atoms with Crippen LogP contribution in [0.2, 0.25) is 0 Å². The predicted molar refractivity (Wildman–Crippen MR) is 158 cm³/mol. The lowest BCUT2D eigenvalue weighted by atomic mass is 9.81. The zero-order valence-electron chi connectivity index (χ0n) is 23.2. The highest BCUT2D eigenvalue weighted by Crippen LogP contribution is 2.39. The fourth-order valence-corrected chi connectivity index (χ4v) is 6.04. The summed E-state index contributed by atoms with van der Waals surface area (Å²) in [6.07, 6.45) is 5.12. The topological polar surface area (TPSA) is 105 Å². The van der Waals surface area contributed by atoms with Gasteiger partial charge in [-0.1, -0.05) is 48.9 Å². The van der Waals surface area contributed by atoms with Gasteiger partial charge >= 0.3 is 0 Å². The first-order valence-electron chi connectivity index (χ1n) is 14.4. The summed E-state index contributed by atoms with van der Waals surface area (Å²) in [4.78, 5) is 41.6. The lowest BCUT2D eigenvalue weighted by Gasteiger charge is -2.31. The molecule has 0 saturated heterocycles. The molecule has 0 radical (unpaired) electrons. The molecule has 8 heteroatoms. The molecule has 214 valence electrons. The maximum atomic E-state index is 13.8. The van der Waals surface area contributed by atoms with Crippen molar-refractivity contribution in [1.29, 1.82) is 0 Å². The molecule has 0 aromatic heterocycles. The maximum Gasteiger partial charge on any atom is 0.251 e. The van der Waals surface area contributed by atoms with Gasteiger partial charge in [-0.2, -0.15) is 0 Å². The summed E-state index contributed by atoms with van der Waals surface area (Å²) in [7, 11) is 0. The van der Waals surface area contributed by atoms with Gasteiger partial charge in [0.05, 0.1) is 23.8 Å². The summed E-state index contributed by atoms with van der Waals surface area (Å²) >= 11 is 0. The third kappa shape index (κ3) is 7.00. The Morgan fingerprint density at radius 3 is 2.51 bits per heavy atom. The molecule has 1 aliphatic carbocycles. The van der Waals surface area contributed by atoms with Crippen LogP contribution in [-0.2, 0) is 16.0 Å². The highest BCUT2D eigenvalue weighted by Gasteiger charge is 2.34. The minimum absolute atomic E-state index is 0.00289. The first-order chi connectivity index (χ1) is 19.9. The summed E-state index contributed by atoms with van der Waals surface area (Å²) in [6, 6.07) is 20.0. The van der Waals surface area contributed by atoms with Gasteiger partial charge in [0.25, 0.3) is 5.91 Å². The van der Waals surface area contributed by atoms with Crippen LogP contribution in [0.5, 0.6) is 0 Å². The van der Waals surface area contributed by atoms with E-state index in [0.29, 0.717) is 53.8 Å². The van der Waals surface area contributed by atoms with Gasteiger partial charge in [-0.15, -0.1) is 0 Å². The Morgan fingerprint density at radius 1 is 1.00 bits per heavy atom. The van der Waals surface area contributed by atoms with Crippen LogP contribution in [0.4, 0.5) is 15.8 Å². The maximum absolute atomic E-state index is 13.8. The third-order valence-electron chi connectivity index (χ3n) is 8.25. The van der Waals surface area contributed by atoms with E-state index < -0.39 is 11.9 Å². The zero-order valence-corrected chi connectivity index (χ0v) is 23.2. The second-order valence-corrected chi connectivity index (χ2v) is 11.1. The highest BCUT2D eigenvalue weighted by molar-refractivity contribution is 6.06. The average Bonchev–Trinajstić information content (AvgIpc) is 3.14. The number of anilines is 2. The van der Waals surface area contributed by atoms with E-state index in [1.165, 1.54) is 12.1 Å². The average molecular weight is 557 g/mol. The molecule has 1 aliphatic heterocycles. The van der Waals surface area contributed by atoms with Gasteiger partial charge in [0.15, 0.2) is 0 Å². The number of nitrogens with zero attached hydrogens (tertiary/aromatic N) is 1. The highest BCUT2D eigenvalue weighted by atomic mass is 19.1. The standard InChI is InChI=1S/C33H37FN4O3/c34-27-13-10-25(11-14-27)30-19-31(39)37-28-18-26(33(41)36-21-24-8-4-7-23(17-24)20-35)12-15-29(28)38(30)32(40)16-9-22-5-2-1-3-6-22/h1-3,5-6,10-15,18,23-24,30H,4,7-9,16-17,19-21,35H2,(H,36,41)(H,37,39). The van der Waals surface area contributed by atoms with E-state index in [-0.39, 0.29) is 30.6 Å². The molecule has 0 bridgehead atoms. The molecule has 5 rings (SSSR count). The van der Waals surface area contributed by atoms with Crippen LogP contribution in [0.25, 0.3) is 0 Å². The zero-order chi connectivity index (χ0) is 28.8. The number of carbonyl (C=O) groups excluding carboxylic acids is 3. The Balaban J connectivity index is 1.40. The molecule has 41 heavy (non-hydrogen) atoms. The van der Waals surface area contributed by atoms with Crippen molar-refractivity contribution < 1.29 is 18.8 Å². The van der Waals surface area contributed by atoms with Crippen LogP contribution < -0.4 is 21.3 Å². The summed E-state index contributed by atoms with van der Waals surface area (Å²) in [6.45, 7) is 1.25. The number of carbonyl (C=O) groups is 3. The number of rotatable bonds is 8. The van der Waals surface area contributed by atoms with E-state index >= 15 is 0 Å². The van der Waals surface area contributed by atoms with E-state index in [4.69, 9.17) is 5.73 Å². The smallest absolute Gasteiger partial charge is 0.251 e. The minimum Gasteiger partial charge on any atom is -0.352 e. The third-order valence-corrected chi connectivity index (χ3v) is 8.25. The molecule has 3 atom stereocenters. The van der Waals surface area contributed by atoms with Crippen molar-refractivity contribution in [2.75, 3.05) is 23.3 Å². The summed E-state index contributed by atoms with van der Waals surface area (Å²) in [5, 5.41) is 5.96. The molecule has 1 saturated carbocycles. The van der Waals surface area contributed by atoms with Crippen molar-refractivity contribution in [3.63, 3.8) is 0 Å². The van der Waals surface area contributed by atoms with Gasteiger partial charge in [-0.3, -0.25) is 14.4 Å². The molecule has 3 unspecified atom stereocenters. The lowest BCUT2D eigenvalue weighted by Crippen LogP contribution is -2.35. The second kappa shape index (κ2) is 13.1. The van der Waals surface area contributed by atoms with Crippen molar-refractivity contribution in [3.8, 4) is 0 Å². The van der Waals surface area contributed by atoms with Crippen molar-refractivity contribution in [3.05, 3.63) is 95.3 Å². The molecule has 2 aliphatic rings. The number of hydrogen-bond donors (Lipinski definition) is 3. The van der Waals surface area contributed by atoms with E-state index in [1.54, 1.807) is 35.2 Å². The summed E-state index contributed by atoms with van der Waals surface area (Å²) < 4.78 is 13.7. The van der Waals surface area contributed by atoms with Crippen molar-refractivity contribution in [2.24, 2.45) is 17.6 Å². The molecule has 1 heterocycles. The van der Waals surface area contributed by atoms with E-state index in [0.717, 1.165) is 31.2 Å². The molecule has 1 fully saturated rings. The van der Waals surface area contributed by atoms with Crippen LogP contribution in [0.15, 0.2) is 72.8 Å². The number of halogens is 1. The fraction of sp³-hybridized carbons (Fsp3) is 0.364. The molecular weight excluding hydrogens is 519 g/mol. The molecular formula is C33H37FN4O3. The molecule has 4 N–H and O–H groups in total. The largest absolute Gasteiger partial charge is 0.352 e. The molecule has 7 nitrogen and oxygen atoms in total. The first kappa shape index (κ1) is 28.5. The normalized spacial score (nSPS) is 20.5. The Labute approximate surface area is 240 Å². The van der Waals surface area contributed by atoms with Gasteiger partial charge in [0.2, 0.25) is 11.8 Å². The number of nitrogens with two attached hydrogens (primary N) is 1. The van der Waals surface area contributed by atoms with Gasteiger partial charge in [0.1, 0.15) is 5.82 Å². The summed E-state index contributed by atoms with van der Waals surface area (Å²) in [5.74, 6) is -0.157.